The highest BCUT2D eigenvalue weighted by atomic mass is 16.5. The molecule has 1 amide bonds. The molecule has 0 fully saturated rings. The molecule has 0 radical (unpaired) electrons. The molecule has 1 N–H and O–H groups in total. The first-order chi connectivity index (χ1) is 18.0. The van der Waals surface area contributed by atoms with Crippen LogP contribution < -0.4 is 14.8 Å². The topological polar surface area (TPSA) is 100 Å². The predicted molar refractivity (Wildman–Crippen MR) is 137 cm³/mol. The van der Waals surface area contributed by atoms with Crippen LogP contribution in [0.1, 0.15) is 29.5 Å². The number of esters is 2. The van der Waals surface area contributed by atoms with Crippen LogP contribution in [0, 0.1) is 0 Å². The molecular formula is C29H31NO7. The molecule has 0 aliphatic carbocycles. The molecule has 3 aromatic carbocycles. The number of hydrogen-bond donors (Lipinski definition) is 1. The van der Waals surface area contributed by atoms with Crippen molar-refractivity contribution >= 4 is 17.8 Å². The van der Waals surface area contributed by atoms with Gasteiger partial charge in [0, 0.05) is 12.8 Å². The van der Waals surface area contributed by atoms with Crippen LogP contribution in [0.15, 0.2) is 78.9 Å². The molecule has 1 atom stereocenters. The van der Waals surface area contributed by atoms with Gasteiger partial charge in [-0.2, -0.15) is 0 Å². The molecule has 3 rings (SSSR count). The lowest BCUT2D eigenvalue weighted by Gasteiger charge is -2.18. The van der Waals surface area contributed by atoms with Gasteiger partial charge in [-0.3, -0.25) is 9.59 Å². The highest BCUT2D eigenvalue weighted by Crippen LogP contribution is 2.30. The van der Waals surface area contributed by atoms with Crippen molar-refractivity contribution in [2.45, 2.75) is 38.5 Å². The van der Waals surface area contributed by atoms with Crippen molar-refractivity contribution in [1.29, 1.82) is 0 Å². The van der Waals surface area contributed by atoms with E-state index in [1.165, 1.54) is 14.2 Å². The van der Waals surface area contributed by atoms with E-state index < -0.39 is 23.9 Å². The maximum Gasteiger partial charge on any atom is 0.328 e. The summed E-state index contributed by atoms with van der Waals surface area (Å²) < 4.78 is 21.6. The first-order valence-corrected chi connectivity index (χ1v) is 11.9. The standard InChI is InChI=1S/C29H31NO7/c1-34-28(32)16-15-27(31)30-24(29(33)35-2)17-23-13-14-25(36-19-21-9-5-3-6-10-21)26(18-23)37-20-22-11-7-4-8-12-22/h3-14,18,24H,15-17,19-20H2,1-2H3,(H,30,31)/t24-/m0/s1. The van der Waals surface area contributed by atoms with Gasteiger partial charge in [-0.05, 0) is 28.8 Å². The van der Waals surface area contributed by atoms with E-state index in [0.717, 1.165) is 16.7 Å². The molecule has 0 spiro atoms. The zero-order valence-corrected chi connectivity index (χ0v) is 21.0. The second-order valence-corrected chi connectivity index (χ2v) is 8.25. The lowest BCUT2D eigenvalue weighted by molar-refractivity contribution is -0.145. The molecule has 0 saturated heterocycles. The number of ether oxygens (including phenoxy) is 4. The Morgan fingerprint density at radius 2 is 1.30 bits per heavy atom. The number of benzene rings is 3. The second-order valence-electron chi connectivity index (χ2n) is 8.25. The molecule has 194 valence electrons. The Morgan fingerprint density at radius 3 is 1.86 bits per heavy atom. The van der Waals surface area contributed by atoms with E-state index >= 15 is 0 Å². The van der Waals surface area contributed by atoms with Crippen LogP contribution >= 0.6 is 0 Å². The average molecular weight is 506 g/mol. The Labute approximate surface area is 216 Å². The third-order valence-corrected chi connectivity index (χ3v) is 5.53. The zero-order valence-electron chi connectivity index (χ0n) is 21.0. The monoisotopic (exact) mass is 505 g/mol. The summed E-state index contributed by atoms with van der Waals surface area (Å²) >= 11 is 0. The van der Waals surface area contributed by atoms with Gasteiger partial charge in [0.15, 0.2) is 11.5 Å². The quantitative estimate of drug-likeness (QED) is 0.351. The molecule has 3 aromatic rings. The van der Waals surface area contributed by atoms with Crippen molar-refractivity contribution in [2.24, 2.45) is 0 Å². The molecule has 0 saturated carbocycles. The van der Waals surface area contributed by atoms with E-state index in [1.54, 1.807) is 12.1 Å². The van der Waals surface area contributed by atoms with Crippen LogP contribution in [0.25, 0.3) is 0 Å². The molecule has 0 aliphatic rings. The minimum atomic E-state index is -0.937. The molecule has 0 aromatic heterocycles. The largest absolute Gasteiger partial charge is 0.485 e. The van der Waals surface area contributed by atoms with Gasteiger partial charge < -0.3 is 24.3 Å². The molecule has 0 bridgehead atoms. The number of nitrogens with one attached hydrogen (secondary N) is 1. The number of hydrogen-bond acceptors (Lipinski definition) is 7. The van der Waals surface area contributed by atoms with Crippen LogP contribution in [-0.4, -0.2) is 38.1 Å². The van der Waals surface area contributed by atoms with Gasteiger partial charge in [-0.25, -0.2) is 4.79 Å². The van der Waals surface area contributed by atoms with Crippen molar-refractivity contribution in [3.63, 3.8) is 0 Å². The van der Waals surface area contributed by atoms with Crippen LogP contribution in [0.2, 0.25) is 0 Å². The van der Waals surface area contributed by atoms with Crippen LogP contribution in [0.5, 0.6) is 11.5 Å². The van der Waals surface area contributed by atoms with E-state index in [9.17, 15) is 14.4 Å². The maximum atomic E-state index is 12.4. The molecule has 0 aliphatic heterocycles. The smallest absolute Gasteiger partial charge is 0.328 e. The molecule has 8 nitrogen and oxygen atoms in total. The van der Waals surface area contributed by atoms with Crippen molar-refractivity contribution in [1.82, 2.24) is 5.32 Å². The van der Waals surface area contributed by atoms with Gasteiger partial charge in [0.2, 0.25) is 5.91 Å². The van der Waals surface area contributed by atoms with Gasteiger partial charge >= 0.3 is 11.9 Å². The Kier molecular flexibility index (Phi) is 10.5. The number of carbonyl (C=O) groups is 3. The lowest BCUT2D eigenvalue weighted by Crippen LogP contribution is -2.43. The normalized spacial score (nSPS) is 11.2. The lowest BCUT2D eigenvalue weighted by atomic mass is 10.0. The van der Waals surface area contributed by atoms with Crippen molar-refractivity contribution in [2.75, 3.05) is 14.2 Å². The van der Waals surface area contributed by atoms with Gasteiger partial charge in [0.05, 0.1) is 20.6 Å². The van der Waals surface area contributed by atoms with Gasteiger partial charge in [0.1, 0.15) is 19.3 Å². The minimum Gasteiger partial charge on any atom is -0.485 e. The van der Waals surface area contributed by atoms with Crippen LogP contribution in [0.4, 0.5) is 0 Å². The summed E-state index contributed by atoms with van der Waals surface area (Å²) in [5.74, 6) is -0.485. The van der Waals surface area contributed by atoms with Crippen molar-refractivity contribution in [3.05, 3.63) is 95.6 Å². The molecule has 0 heterocycles. The van der Waals surface area contributed by atoms with E-state index in [0.29, 0.717) is 24.7 Å². The van der Waals surface area contributed by atoms with Gasteiger partial charge in [-0.15, -0.1) is 0 Å². The fraction of sp³-hybridized carbons (Fsp3) is 0.276. The van der Waals surface area contributed by atoms with E-state index in [1.807, 2.05) is 66.7 Å². The summed E-state index contributed by atoms with van der Waals surface area (Å²) in [5.41, 5.74) is 2.74. The van der Waals surface area contributed by atoms with Crippen LogP contribution in [0.3, 0.4) is 0 Å². The van der Waals surface area contributed by atoms with E-state index in [4.69, 9.17) is 14.2 Å². The van der Waals surface area contributed by atoms with Gasteiger partial charge in [0.25, 0.3) is 0 Å². The van der Waals surface area contributed by atoms with E-state index in [-0.39, 0.29) is 19.3 Å². The fourth-order valence-electron chi connectivity index (χ4n) is 3.54. The predicted octanol–water partition coefficient (Wildman–Crippen LogP) is 4.00. The van der Waals surface area contributed by atoms with E-state index in [2.05, 4.69) is 10.1 Å². The molecular weight excluding hydrogens is 474 g/mol. The maximum absolute atomic E-state index is 12.4. The third-order valence-electron chi connectivity index (χ3n) is 5.53. The summed E-state index contributed by atoms with van der Waals surface area (Å²) in [5, 5.41) is 2.64. The van der Waals surface area contributed by atoms with Crippen LogP contribution in [-0.2, 0) is 43.5 Å². The summed E-state index contributed by atoms with van der Waals surface area (Å²) in [7, 11) is 2.51. The average Bonchev–Trinajstić information content (AvgIpc) is 2.94. The molecule has 37 heavy (non-hydrogen) atoms. The molecule has 8 heteroatoms. The molecule has 0 unspecified atom stereocenters. The Bertz CT molecular complexity index is 1170. The fourth-order valence-corrected chi connectivity index (χ4v) is 3.54. The highest BCUT2D eigenvalue weighted by Gasteiger charge is 2.23. The number of methoxy groups -OCH3 is 2. The third kappa shape index (κ3) is 9.00. The minimum absolute atomic E-state index is 0.0822. The first kappa shape index (κ1) is 27.3. The second kappa shape index (κ2) is 14.3. The Balaban J connectivity index is 1.76. The summed E-state index contributed by atoms with van der Waals surface area (Å²) in [6.07, 6.45) is -0.0175. The summed E-state index contributed by atoms with van der Waals surface area (Å²) in [6, 6.07) is 24.0. The van der Waals surface area contributed by atoms with Crippen molar-refractivity contribution < 1.29 is 33.3 Å². The summed E-state index contributed by atoms with van der Waals surface area (Å²) in [6.45, 7) is 0.694. The summed E-state index contributed by atoms with van der Waals surface area (Å²) in [4.78, 5) is 36.0. The zero-order chi connectivity index (χ0) is 26.5. The number of amides is 1. The Hall–Kier alpha value is -4.33. The highest BCUT2D eigenvalue weighted by molar-refractivity contribution is 5.86. The Morgan fingerprint density at radius 1 is 0.703 bits per heavy atom. The number of rotatable bonds is 13. The van der Waals surface area contributed by atoms with Gasteiger partial charge in [-0.1, -0.05) is 66.7 Å². The first-order valence-electron chi connectivity index (χ1n) is 11.9. The SMILES string of the molecule is COC(=O)CCC(=O)N[C@@H](Cc1ccc(OCc2ccccc2)c(OCc2ccccc2)c1)C(=O)OC. The van der Waals surface area contributed by atoms with Crippen molar-refractivity contribution in [3.8, 4) is 11.5 Å². The number of carbonyl (C=O) groups excluding carboxylic acids is 3.